The van der Waals surface area contributed by atoms with Gasteiger partial charge in [-0.1, -0.05) is 27.7 Å². The lowest BCUT2D eigenvalue weighted by Crippen LogP contribution is -2.37. The molecule has 0 aliphatic rings. The number of hydrogen-bond acceptors (Lipinski definition) is 3. The van der Waals surface area contributed by atoms with Gasteiger partial charge in [-0.25, -0.2) is 9.78 Å². The van der Waals surface area contributed by atoms with E-state index in [1.807, 2.05) is 0 Å². The van der Waals surface area contributed by atoms with Crippen molar-refractivity contribution < 1.29 is 14.7 Å². The first-order valence-electron chi connectivity index (χ1n) is 7.22. The van der Waals surface area contributed by atoms with Gasteiger partial charge in [-0.2, -0.15) is 0 Å². The number of carboxylic acids is 1. The lowest BCUT2D eigenvalue weighted by Gasteiger charge is -2.26. The molecule has 116 valence electrons. The van der Waals surface area contributed by atoms with Gasteiger partial charge in [0.2, 0.25) is 0 Å². The molecule has 0 radical (unpaired) electrons. The summed E-state index contributed by atoms with van der Waals surface area (Å²) in [5.74, 6) is -0.433. The number of hydrogen-bond donors (Lipinski definition) is 1. The summed E-state index contributed by atoms with van der Waals surface area (Å²) in [5.41, 5.74) is 0.798. The Hall–Kier alpha value is -1.91. The van der Waals surface area contributed by atoms with Crippen LogP contribution in [0.4, 0.5) is 0 Å². The number of nitrogens with zero attached hydrogens (tertiary/aromatic N) is 2. The highest BCUT2D eigenvalue weighted by molar-refractivity contribution is 5.94. The van der Waals surface area contributed by atoms with E-state index in [1.165, 1.54) is 12.1 Å². The Balaban J connectivity index is 3.03. The predicted molar refractivity (Wildman–Crippen MR) is 81.5 cm³/mol. The van der Waals surface area contributed by atoms with E-state index in [0.717, 1.165) is 0 Å². The van der Waals surface area contributed by atoms with Crippen molar-refractivity contribution in [3.8, 4) is 0 Å². The Labute approximate surface area is 126 Å². The summed E-state index contributed by atoms with van der Waals surface area (Å²) < 4.78 is 0. The molecule has 0 spiro atoms. The number of aromatic carboxylic acids is 1. The summed E-state index contributed by atoms with van der Waals surface area (Å²) >= 11 is 0. The van der Waals surface area contributed by atoms with Crippen LogP contribution in [0.25, 0.3) is 0 Å². The van der Waals surface area contributed by atoms with Gasteiger partial charge in [0.1, 0.15) is 5.69 Å². The highest BCUT2D eigenvalue weighted by atomic mass is 16.4. The maximum Gasteiger partial charge on any atom is 0.337 e. The number of carbonyl (C=O) groups excluding carboxylic acids is 1. The summed E-state index contributed by atoms with van der Waals surface area (Å²) in [6.07, 6.45) is 0. The van der Waals surface area contributed by atoms with Crippen LogP contribution in [-0.4, -0.2) is 40.0 Å². The second kappa shape index (κ2) is 7.20. The van der Waals surface area contributed by atoms with Crippen molar-refractivity contribution >= 4 is 11.9 Å². The number of amides is 1. The second-order valence-corrected chi connectivity index (χ2v) is 6.13. The molecule has 0 unspecified atom stereocenters. The third-order valence-electron chi connectivity index (χ3n) is 2.99. The number of aromatic nitrogens is 1. The lowest BCUT2D eigenvalue weighted by molar-refractivity contribution is 0.0686. The van der Waals surface area contributed by atoms with Gasteiger partial charge in [-0.3, -0.25) is 4.79 Å². The Morgan fingerprint density at radius 1 is 1.14 bits per heavy atom. The highest BCUT2D eigenvalue weighted by Gasteiger charge is 2.20. The van der Waals surface area contributed by atoms with Gasteiger partial charge in [0.25, 0.3) is 5.91 Å². The van der Waals surface area contributed by atoms with E-state index in [1.54, 1.807) is 11.8 Å². The first-order chi connectivity index (χ1) is 9.72. The molecule has 0 saturated heterocycles. The fourth-order valence-corrected chi connectivity index (χ4v) is 2.19. The normalized spacial score (nSPS) is 11.0. The van der Waals surface area contributed by atoms with Crippen molar-refractivity contribution in [1.82, 2.24) is 9.88 Å². The molecule has 1 aromatic heterocycles. The number of aryl methyl sites for hydroxylation is 1. The van der Waals surface area contributed by atoms with Crippen LogP contribution in [0.2, 0.25) is 0 Å². The largest absolute Gasteiger partial charge is 0.478 e. The lowest BCUT2D eigenvalue weighted by atomic mass is 10.1. The zero-order chi connectivity index (χ0) is 16.2. The van der Waals surface area contributed by atoms with Crippen molar-refractivity contribution in [3.05, 3.63) is 29.1 Å². The van der Waals surface area contributed by atoms with Gasteiger partial charge in [-0.15, -0.1) is 0 Å². The van der Waals surface area contributed by atoms with Crippen LogP contribution < -0.4 is 0 Å². The molecule has 21 heavy (non-hydrogen) atoms. The van der Waals surface area contributed by atoms with Gasteiger partial charge in [0, 0.05) is 13.1 Å². The van der Waals surface area contributed by atoms with Crippen LogP contribution in [0.15, 0.2) is 12.1 Å². The zero-order valence-electron chi connectivity index (χ0n) is 13.4. The minimum Gasteiger partial charge on any atom is -0.478 e. The van der Waals surface area contributed by atoms with Gasteiger partial charge >= 0.3 is 5.97 Å². The standard InChI is InChI=1S/C16H24N2O3/c1-10(2)8-18(9-11(3)4)15(19)14-7-6-13(16(20)21)12(5)17-14/h6-7,10-11H,8-9H2,1-5H3,(H,20,21). The van der Waals surface area contributed by atoms with E-state index in [2.05, 4.69) is 32.7 Å². The number of carboxylic acid groups (broad SMARTS) is 1. The summed E-state index contributed by atoms with van der Waals surface area (Å²) in [6, 6.07) is 2.94. The van der Waals surface area contributed by atoms with E-state index in [-0.39, 0.29) is 11.5 Å². The molecule has 0 aliphatic heterocycles. The second-order valence-electron chi connectivity index (χ2n) is 6.13. The average molecular weight is 292 g/mol. The Bertz CT molecular complexity index is 514. The van der Waals surface area contributed by atoms with Crippen molar-refractivity contribution in [2.45, 2.75) is 34.6 Å². The molecule has 1 heterocycles. The fraction of sp³-hybridized carbons (Fsp3) is 0.562. The van der Waals surface area contributed by atoms with Crippen LogP contribution in [-0.2, 0) is 0 Å². The summed E-state index contributed by atoms with van der Waals surface area (Å²) in [4.78, 5) is 29.5. The molecule has 1 amide bonds. The van der Waals surface area contributed by atoms with Crippen molar-refractivity contribution in [2.75, 3.05) is 13.1 Å². The molecular weight excluding hydrogens is 268 g/mol. The molecule has 1 aromatic rings. The van der Waals surface area contributed by atoms with Crippen LogP contribution in [0, 0.1) is 18.8 Å². The molecule has 5 heteroatoms. The molecule has 0 saturated carbocycles. The van der Waals surface area contributed by atoms with E-state index in [9.17, 15) is 9.59 Å². The molecule has 0 atom stereocenters. The number of rotatable bonds is 6. The van der Waals surface area contributed by atoms with Crippen LogP contribution in [0.5, 0.6) is 0 Å². The van der Waals surface area contributed by atoms with Crippen LogP contribution in [0.3, 0.4) is 0 Å². The minimum absolute atomic E-state index is 0.130. The third kappa shape index (κ3) is 4.85. The zero-order valence-corrected chi connectivity index (χ0v) is 13.4. The smallest absolute Gasteiger partial charge is 0.337 e. The topological polar surface area (TPSA) is 70.5 Å². The molecule has 0 aliphatic carbocycles. The Morgan fingerprint density at radius 3 is 2.05 bits per heavy atom. The number of carbonyl (C=O) groups is 2. The van der Waals surface area contributed by atoms with Crippen molar-refractivity contribution in [3.63, 3.8) is 0 Å². The predicted octanol–water partition coefficient (Wildman–Crippen LogP) is 2.84. The number of pyridine rings is 1. The Morgan fingerprint density at radius 2 is 1.67 bits per heavy atom. The maximum atomic E-state index is 12.6. The molecule has 1 N–H and O–H groups in total. The first-order valence-corrected chi connectivity index (χ1v) is 7.22. The van der Waals surface area contributed by atoms with E-state index < -0.39 is 5.97 Å². The average Bonchev–Trinajstić information content (AvgIpc) is 2.35. The third-order valence-corrected chi connectivity index (χ3v) is 2.99. The van der Waals surface area contributed by atoms with E-state index in [0.29, 0.717) is 36.3 Å². The summed E-state index contributed by atoms with van der Waals surface area (Å²) in [7, 11) is 0. The summed E-state index contributed by atoms with van der Waals surface area (Å²) in [5, 5.41) is 9.01. The minimum atomic E-state index is -1.03. The molecule has 0 fully saturated rings. The van der Waals surface area contributed by atoms with Crippen molar-refractivity contribution in [2.24, 2.45) is 11.8 Å². The summed E-state index contributed by atoms with van der Waals surface area (Å²) in [6.45, 7) is 11.2. The van der Waals surface area contributed by atoms with E-state index >= 15 is 0 Å². The van der Waals surface area contributed by atoms with Gasteiger partial charge in [0.05, 0.1) is 11.3 Å². The maximum absolute atomic E-state index is 12.6. The Kier molecular flexibility index (Phi) is 5.88. The monoisotopic (exact) mass is 292 g/mol. The van der Waals surface area contributed by atoms with Gasteiger partial charge in [-0.05, 0) is 30.9 Å². The quantitative estimate of drug-likeness (QED) is 0.875. The van der Waals surface area contributed by atoms with Gasteiger partial charge < -0.3 is 10.0 Å². The van der Waals surface area contributed by atoms with E-state index in [4.69, 9.17) is 5.11 Å². The SMILES string of the molecule is Cc1nc(C(=O)N(CC(C)C)CC(C)C)ccc1C(=O)O. The van der Waals surface area contributed by atoms with Crippen LogP contribution in [0.1, 0.15) is 54.2 Å². The van der Waals surface area contributed by atoms with Crippen LogP contribution >= 0.6 is 0 Å². The van der Waals surface area contributed by atoms with Crippen molar-refractivity contribution in [1.29, 1.82) is 0 Å². The fourth-order valence-electron chi connectivity index (χ4n) is 2.19. The van der Waals surface area contributed by atoms with Gasteiger partial charge in [0.15, 0.2) is 0 Å². The molecule has 1 rings (SSSR count). The first kappa shape index (κ1) is 17.1. The molecule has 5 nitrogen and oxygen atoms in total. The molecule has 0 aromatic carbocycles. The molecular formula is C16H24N2O3. The molecule has 0 bridgehead atoms. The highest BCUT2D eigenvalue weighted by Crippen LogP contribution is 2.12.